The summed E-state index contributed by atoms with van der Waals surface area (Å²) in [6.45, 7) is 12.6. The van der Waals surface area contributed by atoms with E-state index < -0.39 is 12.1 Å². The summed E-state index contributed by atoms with van der Waals surface area (Å²) in [6.07, 6.45) is 36.9. The standard InChI is InChI=1S/C44H56N2O7/c1-8-10-26-43(3,4)32-20-15-13-12-14-16-21-33(49-7)29-41-46-35(31-51-41)42(48)53-39(44(5,6)27-11-9-2)24-19-23-38-37(52-38)22-17-18-25-40-45-34(30-50-40)36(47)28-32/h8-19,21-23,25,30-33,37-39H,20,24,26-29H2,1-7H3/b10-8+,11-9+,14-12-,15-13-,21-16+,22-17+,23-19-,25-18-/t32-,33+,37+,38-,39+/m1/s1. The lowest BCUT2D eigenvalue weighted by Gasteiger charge is -2.32. The number of ether oxygens (including phenoxy) is 3. The average Bonchev–Trinajstić information content (AvgIpc) is 3.46. The summed E-state index contributed by atoms with van der Waals surface area (Å²) in [4.78, 5) is 35.6. The molecule has 284 valence electrons. The van der Waals surface area contributed by atoms with Crippen molar-refractivity contribution in [2.24, 2.45) is 16.7 Å². The van der Waals surface area contributed by atoms with Crippen LogP contribution in [0.5, 0.6) is 0 Å². The number of cyclic esters (lactones) is 1. The molecule has 0 N–H and O–H groups in total. The molecule has 1 fully saturated rings. The number of rotatable bonds is 7. The maximum atomic E-state index is 13.4. The van der Waals surface area contributed by atoms with Gasteiger partial charge >= 0.3 is 5.97 Å². The fourth-order valence-electron chi connectivity index (χ4n) is 5.99. The fourth-order valence-corrected chi connectivity index (χ4v) is 5.99. The molecule has 0 amide bonds. The summed E-state index contributed by atoms with van der Waals surface area (Å²) < 4.78 is 28.8. The SMILES string of the molecule is C/C=C/CC(C)(C)[C@@H]1C\C=C/C=C\C=C\[C@H](OC)Cc2nc(co2)C(=O)O[C@H](C(C)(C)C/C=C/C)C/C=C\[C@H]2O[C@H]2/C=C/C=C\c2nc(co2)C(=O)C1. The Morgan fingerprint density at radius 3 is 2.23 bits per heavy atom. The smallest absolute Gasteiger partial charge is 0.360 e. The Morgan fingerprint density at radius 2 is 1.47 bits per heavy atom. The molecular weight excluding hydrogens is 668 g/mol. The second-order valence-corrected chi connectivity index (χ2v) is 14.8. The van der Waals surface area contributed by atoms with Gasteiger partial charge in [0.1, 0.15) is 36.5 Å². The van der Waals surface area contributed by atoms with Gasteiger partial charge in [0.25, 0.3) is 0 Å². The number of methoxy groups -OCH3 is 1. The van der Waals surface area contributed by atoms with Crippen molar-refractivity contribution in [1.29, 1.82) is 0 Å². The van der Waals surface area contributed by atoms with Crippen LogP contribution in [0.25, 0.3) is 6.08 Å². The van der Waals surface area contributed by atoms with Gasteiger partial charge in [0.05, 0.1) is 12.5 Å². The highest BCUT2D eigenvalue weighted by Crippen LogP contribution is 2.37. The van der Waals surface area contributed by atoms with Crippen molar-refractivity contribution in [3.05, 3.63) is 127 Å². The minimum absolute atomic E-state index is 0.0407. The number of oxazole rings is 2. The van der Waals surface area contributed by atoms with Gasteiger partial charge in [0.15, 0.2) is 17.4 Å². The average molecular weight is 725 g/mol. The first-order valence-corrected chi connectivity index (χ1v) is 18.5. The lowest BCUT2D eigenvalue weighted by molar-refractivity contribution is -0.00641. The first-order chi connectivity index (χ1) is 25.5. The monoisotopic (exact) mass is 724 g/mol. The molecule has 0 radical (unpaired) electrons. The maximum absolute atomic E-state index is 13.4. The zero-order valence-electron chi connectivity index (χ0n) is 32.3. The third-order valence-electron chi connectivity index (χ3n) is 9.77. The number of nitrogens with zero attached hydrogens (tertiary/aromatic N) is 2. The number of hydrogen-bond donors (Lipinski definition) is 0. The molecule has 9 heteroatoms. The van der Waals surface area contributed by atoms with Gasteiger partial charge < -0.3 is 23.0 Å². The van der Waals surface area contributed by atoms with Crippen molar-refractivity contribution in [2.45, 2.75) is 104 Å². The van der Waals surface area contributed by atoms with E-state index >= 15 is 0 Å². The zero-order valence-corrected chi connectivity index (χ0v) is 32.3. The molecule has 0 saturated carbocycles. The first-order valence-electron chi connectivity index (χ1n) is 18.5. The van der Waals surface area contributed by atoms with Crippen molar-refractivity contribution in [3.63, 3.8) is 0 Å². The van der Waals surface area contributed by atoms with Gasteiger partial charge in [-0.2, -0.15) is 0 Å². The van der Waals surface area contributed by atoms with Crippen LogP contribution in [0.2, 0.25) is 0 Å². The third-order valence-corrected chi connectivity index (χ3v) is 9.77. The largest absolute Gasteiger partial charge is 0.457 e. The van der Waals surface area contributed by atoms with Gasteiger partial charge in [-0.05, 0) is 44.4 Å². The van der Waals surface area contributed by atoms with Gasteiger partial charge in [0, 0.05) is 31.4 Å². The van der Waals surface area contributed by atoms with Crippen LogP contribution in [0.4, 0.5) is 0 Å². The highest BCUT2D eigenvalue weighted by atomic mass is 16.6. The van der Waals surface area contributed by atoms with Crippen molar-refractivity contribution in [3.8, 4) is 0 Å². The predicted octanol–water partition coefficient (Wildman–Crippen LogP) is 9.97. The molecule has 9 nitrogen and oxygen atoms in total. The summed E-state index contributed by atoms with van der Waals surface area (Å²) in [5.41, 5.74) is 0.00115. The van der Waals surface area contributed by atoms with Gasteiger partial charge in [-0.15, -0.1) is 0 Å². The molecule has 2 aliphatic heterocycles. The minimum atomic E-state index is -0.531. The van der Waals surface area contributed by atoms with E-state index in [4.69, 9.17) is 23.0 Å². The van der Waals surface area contributed by atoms with E-state index in [-0.39, 0.29) is 46.5 Å². The van der Waals surface area contributed by atoms with E-state index in [1.807, 2.05) is 86.8 Å². The molecular formula is C44H56N2O7. The van der Waals surface area contributed by atoms with Gasteiger partial charge in [-0.25, -0.2) is 14.8 Å². The summed E-state index contributed by atoms with van der Waals surface area (Å²) >= 11 is 0. The molecule has 0 aromatic carbocycles. The number of hydrogen-bond acceptors (Lipinski definition) is 9. The van der Waals surface area contributed by atoms with Crippen LogP contribution < -0.4 is 0 Å². The number of aromatic nitrogens is 2. The van der Waals surface area contributed by atoms with Crippen LogP contribution in [0, 0.1) is 16.7 Å². The van der Waals surface area contributed by atoms with E-state index in [1.165, 1.54) is 12.5 Å². The lowest BCUT2D eigenvalue weighted by Crippen LogP contribution is -2.33. The number of Topliss-reactive ketones (excluding diaryl/α,β-unsaturated/α-hetero) is 1. The van der Waals surface area contributed by atoms with Crippen LogP contribution in [-0.2, 0) is 20.6 Å². The molecule has 2 aliphatic rings. The quantitative estimate of drug-likeness (QED) is 0.156. The Kier molecular flexibility index (Phi) is 15.5. The summed E-state index contributed by atoms with van der Waals surface area (Å²) in [6, 6.07) is 0. The molecule has 53 heavy (non-hydrogen) atoms. The van der Waals surface area contributed by atoms with Crippen LogP contribution in [0.3, 0.4) is 0 Å². The Balaban J connectivity index is 1.55. The molecule has 0 unspecified atom stereocenters. The summed E-state index contributed by atoms with van der Waals surface area (Å²) in [5.74, 6) is 0.260. The van der Waals surface area contributed by atoms with Gasteiger partial charge in [-0.3, -0.25) is 4.79 Å². The normalized spacial score (nSPS) is 27.8. The summed E-state index contributed by atoms with van der Waals surface area (Å²) in [5, 5.41) is 0. The number of epoxide rings is 1. The Hall–Kier alpha value is -4.60. The fraction of sp³-hybridized carbons (Fsp3) is 0.455. The number of fused-ring (bicyclic) bond motifs is 5. The Labute approximate surface area is 315 Å². The molecule has 5 atom stereocenters. The van der Waals surface area contributed by atoms with Crippen molar-refractivity contribution >= 4 is 17.8 Å². The highest BCUT2D eigenvalue weighted by molar-refractivity contribution is 5.94. The molecule has 0 spiro atoms. The number of esters is 1. The number of allylic oxidation sites excluding steroid dienone is 11. The molecule has 2 aromatic rings. The second kappa shape index (κ2) is 20.0. The Morgan fingerprint density at radius 1 is 0.774 bits per heavy atom. The summed E-state index contributed by atoms with van der Waals surface area (Å²) in [7, 11) is 1.62. The first kappa shape index (κ1) is 41.2. The zero-order chi connectivity index (χ0) is 38.3. The van der Waals surface area contributed by atoms with Crippen LogP contribution in [0.15, 0.2) is 113 Å². The van der Waals surface area contributed by atoms with E-state index in [0.717, 1.165) is 19.3 Å². The van der Waals surface area contributed by atoms with Crippen molar-refractivity contribution < 1.29 is 32.6 Å². The molecule has 1 saturated heterocycles. The molecule has 0 aliphatic carbocycles. The molecule has 4 rings (SSSR count). The van der Waals surface area contributed by atoms with E-state index in [1.54, 1.807) is 13.2 Å². The molecule has 4 heterocycles. The molecule has 4 bridgehead atoms. The minimum Gasteiger partial charge on any atom is -0.457 e. The van der Waals surface area contributed by atoms with E-state index in [0.29, 0.717) is 36.7 Å². The number of carbonyl (C=O) groups is 2. The number of ketones is 1. The van der Waals surface area contributed by atoms with Crippen LogP contribution >= 0.6 is 0 Å². The van der Waals surface area contributed by atoms with Gasteiger partial charge in [-0.1, -0.05) is 119 Å². The van der Waals surface area contributed by atoms with Crippen LogP contribution in [-0.4, -0.2) is 53.2 Å². The highest BCUT2D eigenvalue weighted by Gasteiger charge is 2.35. The number of carbonyl (C=O) groups excluding carboxylic acids is 2. The van der Waals surface area contributed by atoms with E-state index in [2.05, 4.69) is 55.9 Å². The maximum Gasteiger partial charge on any atom is 0.360 e. The topological polar surface area (TPSA) is 117 Å². The second-order valence-electron chi connectivity index (χ2n) is 14.8. The van der Waals surface area contributed by atoms with Crippen LogP contribution in [0.1, 0.15) is 106 Å². The van der Waals surface area contributed by atoms with Crippen molar-refractivity contribution in [1.82, 2.24) is 9.97 Å². The van der Waals surface area contributed by atoms with Crippen molar-refractivity contribution in [2.75, 3.05) is 7.11 Å². The third kappa shape index (κ3) is 13.1. The Bertz CT molecular complexity index is 1730. The predicted molar refractivity (Wildman–Crippen MR) is 208 cm³/mol. The lowest BCUT2D eigenvalue weighted by atomic mass is 9.72. The van der Waals surface area contributed by atoms with E-state index in [9.17, 15) is 9.59 Å². The molecule has 2 aromatic heterocycles. The van der Waals surface area contributed by atoms with Gasteiger partial charge in [0.2, 0.25) is 5.89 Å².